The molecule has 0 aliphatic carbocycles. The SMILES string of the molecule is CCNC(=O)CCn1cc(I)c(C)n1. The lowest BCUT2D eigenvalue weighted by atomic mass is 10.4. The van der Waals surface area contributed by atoms with Crippen molar-refractivity contribution in [3.05, 3.63) is 15.5 Å². The van der Waals surface area contributed by atoms with Crippen molar-refractivity contribution in [1.82, 2.24) is 15.1 Å². The fourth-order valence-corrected chi connectivity index (χ4v) is 1.54. The van der Waals surface area contributed by atoms with Gasteiger partial charge in [0.15, 0.2) is 0 Å². The topological polar surface area (TPSA) is 46.9 Å². The molecule has 1 amide bonds. The van der Waals surface area contributed by atoms with Crippen molar-refractivity contribution in [2.45, 2.75) is 26.8 Å². The van der Waals surface area contributed by atoms with E-state index in [0.717, 1.165) is 9.26 Å². The molecule has 1 aromatic rings. The molecule has 0 unspecified atom stereocenters. The normalized spacial score (nSPS) is 10.2. The van der Waals surface area contributed by atoms with E-state index in [4.69, 9.17) is 0 Å². The summed E-state index contributed by atoms with van der Waals surface area (Å²) < 4.78 is 2.95. The molecule has 14 heavy (non-hydrogen) atoms. The van der Waals surface area contributed by atoms with Crippen LogP contribution in [0, 0.1) is 10.5 Å². The Morgan fingerprint density at radius 1 is 1.71 bits per heavy atom. The quantitative estimate of drug-likeness (QED) is 0.853. The highest BCUT2D eigenvalue weighted by atomic mass is 127. The Hall–Kier alpha value is -0.590. The highest BCUT2D eigenvalue weighted by Crippen LogP contribution is 2.08. The largest absolute Gasteiger partial charge is 0.356 e. The molecule has 1 N–H and O–H groups in total. The van der Waals surface area contributed by atoms with Crippen molar-refractivity contribution >= 4 is 28.5 Å². The third kappa shape index (κ3) is 3.28. The monoisotopic (exact) mass is 307 g/mol. The third-order valence-corrected chi connectivity index (χ3v) is 2.89. The van der Waals surface area contributed by atoms with Crippen molar-refractivity contribution in [3.8, 4) is 0 Å². The van der Waals surface area contributed by atoms with Gasteiger partial charge in [0.1, 0.15) is 0 Å². The Labute approximate surface area is 97.2 Å². The Bertz CT molecular complexity index is 302. The van der Waals surface area contributed by atoms with Crippen molar-refractivity contribution in [2.24, 2.45) is 0 Å². The number of hydrogen-bond donors (Lipinski definition) is 1. The number of halogens is 1. The second-order valence-electron chi connectivity index (χ2n) is 3.03. The molecule has 1 heterocycles. The van der Waals surface area contributed by atoms with Gasteiger partial charge >= 0.3 is 0 Å². The van der Waals surface area contributed by atoms with E-state index in [1.807, 2.05) is 24.7 Å². The Kier molecular flexibility index (Phi) is 4.37. The lowest BCUT2D eigenvalue weighted by Crippen LogP contribution is -2.23. The Morgan fingerprint density at radius 2 is 2.43 bits per heavy atom. The van der Waals surface area contributed by atoms with Crippen LogP contribution in [0.25, 0.3) is 0 Å². The summed E-state index contributed by atoms with van der Waals surface area (Å²) in [6.45, 7) is 5.22. The fraction of sp³-hybridized carbons (Fsp3) is 0.556. The smallest absolute Gasteiger partial charge is 0.221 e. The van der Waals surface area contributed by atoms with Crippen LogP contribution in [0.2, 0.25) is 0 Å². The predicted octanol–water partition coefficient (Wildman–Crippen LogP) is 1.32. The maximum Gasteiger partial charge on any atom is 0.221 e. The zero-order valence-corrected chi connectivity index (χ0v) is 10.5. The first-order chi connectivity index (χ1) is 6.63. The van der Waals surface area contributed by atoms with Crippen LogP contribution in [0.4, 0.5) is 0 Å². The summed E-state index contributed by atoms with van der Waals surface area (Å²) in [5.74, 6) is 0.0793. The highest BCUT2D eigenvalue weighted by molar-refractivity contribution is 14.1. The minimum atomic E-state index is 0.0793. The van der Waals surface area contributed by atoms with Crippen molar-refractivity contribution in [1.29, 1.82) is 0 Å². The first-order valence-electron chi connectivity index (χ1n) is 4.59. The predicted molar refractivity (Wildman–Crippen MR) is 63.0 cm³/mol. The van der Waals surface area contributed by atoms with Crippen LogP contribution in [0.15, 0.2) is 6.20 Å². The van der Waals surface area contributed by atoms with Crippen LogP contribution in [-0.2, 0) is 11.3 Å². The van der Waals surface area contributed by atoms with Gasteiger partial charge in [0.2, 0.25) is 5.91 Å². The highest BCUT2D eigenvalue weighted by Gasteiger charge is 2.03. The van der Waals surface area contributed by atoms with Crippen molar-refractivity contribution in [2.75, 3.05) is 6.54 Å². The summed E-state index contributed by atoms with van der Waals surface area (Å²) in [7, 11) is 0. The minimum Gasteiger partial charge on any atom is -0.356 e. The van der Waals surface area contributed by atoms with Crippen molar-refractivity contribution < 1.29 is 4.79 Å². The van der Waals surface area contributed by atoms with Crippen LogP contribution in [-0.4, -0.2) is 22.2 Å². The summed E-state index contributed by atoms with van der Waals surface area (Å²) in [5.41, 5.74) is 1.02. The summed E-state index contributed by atoms with van der Waals surface area (Å²) in [5, 5.41) is 7.03. The average Bonchev–Trinajstić information content (AvgIpc) is 2.44. The molecule has 0 aliphatic heterocycles. The summed E-state index contributed by atoms with van der Waals surface area (Å²) in [6, 6.07) is 0. The number of hydrogen-bond acceptors (Lipinski definition) is 2. The molecular formula is C9H14IN3O. The lowest BCUT2D eigenvalue weighted by molar-refractivity contribution is -0.121. The number of nitrogens with one attached hydrogen (secondary N) is 1. The molecular weight excluding hydrogens is 293 g/mol. The molecule has 0 bridgehead atoms. The number of carbonyl (C=O) groups excluding carboxylic acids is 1. The van der Waals surface area contributed by atoms with E-state index in [9.17, 15) is 4.79 Å². The zero-order chi connectivity index (χ0) is 10.6. The molecule has 0 fully saturated rings. The second-order valence-corrected chi connectivity index (χ2v) is 4.19. The van der Waals surface area contributed by atoms with Crippen LogP contribution in [0.1, 0.15) is 19.0 Å². The number of rotatable bonds is 4. The molecule has 5 heteroatoms. The molecule has 0 radical (unpaired) electrons. The second kappa shape index (κ2) is 5.33. The summed E-state index contributed by atoms with van der Waals surface area (Å²) in [6.07, 6.45) is 2.44. The number of nitrogens with zero attached hydrogens (tertiary/aromatic N) is 2. The van der Waals surface area contributed by atoms with E-state index in [1.54, 1.807) is 0 Å². The number of aryl methyl sites for hydroxylation is 2. The van der Waals surface area contributed by atoms with E-state index < -0.39 is 0 Å². The van der Waals surface area contributed by atoms with Gasteiger partial charge in [-0.05, 0) is 36.4 Å². The molecule has 4 nitrogen and oxygen atoms in total. The van der Waals surface area contributed by atoms with Gasteiger partial charge in [0, 0.05) is 25.7 Å². The molecule has 1 rings (SSSR count). The summed E-state index contributed by atoms with van der Waals surface area (Å²) in [4.78, 5) is 11.2. The molecule has 0 saturated heterocycles. The number of amides is 1. The van der Waals surface area contributed by atoms with Crippen molar-refractivity contribution in [3.63, 3.8) is 0 Å². The van der Waals surface area contributed by atoms with Gasteiger partial charge in [-0.15, -0.1) is 0 Å². The summed E-state index contributed by atoms with van der Waals surface area (Å²) >= 11 is 2.23. The molecule has 1 aromatic heterocycles. The zero-order valence-electron chi connectivity index (χ0n) is 8.38. The minimum absolute atomic E-state index is 0.0793. The van der Waals surface area contributed by atoms with Gasteiger partial charge in [0.25, 0.3) is 0 Å². The number of carbonyl (C=O) groups is 1. The number of aromatic nitrogens is 2. The van der Waals surface area contributed by atoms with E-state index in [0.29, 0.717) is 19.5 Å². The molecule has 0 spiro atoms. The lowest BCUT2D eigenvalue weighted by Gasteiger charge is -2.01. The molecule has 0 aromatic carbocycles. The Balaban J connectivity index is 2.42. The first-order valence-corrected chi connectivity index (χ1v) is 5.67. The van der Waals surface area contributed by atoms with Crippen LogP contribution in [0.5, 0.6) is 0 Å². The fourth-order valence-electron chi connectivity index (χ4n) is 1.11. The Morgan fingerprint density at radius 3 is 2.93 bits per heavy atom. The van der Waals surface area contributed by atoms with Gasteiger partial charge in [0.05, 0.1) is 9.26 Å². The molecule has 0 aliphatic rings. The first kappa shape index (κ1) is 11.5. The van der Waals surface area contributed by atoms with Crippen LogP contribution in [0.3, 0.4) is 0 Å². The van der Waals surface area contributed by atoms with Gasteiger partial charge < -0.3 is 5.32 Å². The van der Waals surface area contributed by atoms with E-state index >= 15 is 0 Å². The van der Waals surface area contributed by atoms with Gasteiger partial charge in [-0.25, -0.2) is 0 Å². The van der Waals surface area contributed by atoms with Gasteiger partial charge in [-0.2, -0.15) is 5.10 Å². The maximum absolute atomic E-state index is 11.2. The van der Waals surface area contributed by atoms with Gasteiger partial charge in [-0.1, -0.05) is 0 Å². The molecule has 0 saturated carbocycles. The standard InChI is InChI=1S/C9H14IN3O/c1-3-11-9(14)4-5-13-6-8(10)7(2)12-13/h6H,3-5H2,1-2H3,(H,11,14). The maximum atomic E-state index is 11.2. The van der Waals surface area contributed by atoms with Crippen LogP contribution < -0.4 is 5.32 Å². The molecule has 0 atom stereocenters. The van der Waals surface area contributed by atoms with E-state index in [1.165, 1.54) is 0 Å². The third-order valence-electron chi connectivity index (χ3n) is 1.83. The van der Waals surface area contributed by atoms with Gasteiger partial charge in [-0.3, -0.25) is 9.48 Å². The van der Waals surface area contributed by atoms with Crippen LogP contribution >= 0.6 is 22.6 Å². The van der Waals surface area contributed by atoms with E-state index in [2.05, 4.69) is 33.0 Å². The van der Waals surface area contributed by atoms with E-state index in [-0.39, 0.29) is 5.91 Å². The molecule has 78 valence electrons. The average molecular weight is 307 g/mol.